The van der Waals surface area contributed by atoms with E-state index in [1.165, 1.54) is 6.08 Å². The zero-order chi connectivity index (χ0) is 10.0. The molecule has 0 saturated carbocycles. The highest BCUT2D eigenvalue weighted by molar-refractivity contribution is 6.16. The summed E-state index contributed by atoms with van der Waals surface area (Å²) in [5.74, 6) is 0.459. The molecular weight excluding hydrogens is 166 g/mol. The minimum atomic E-state index is -0.282. The predicted molar refractivity (Wildman–Crippen MR) is 49.9 cm³/mol. The Kier molecular flexibility index (Phi) is 2.86. The molecule has 3 nitrogen and oxygen atoms in total. The van der Waals surface area contributed by atoms with Gasteiger partial charge in [0.2, 0.25) is 0 Å². The van der Waals surface area contributed by atoms with E-state index in [4.69, 9.17) is 0 Å². The summed E-state index contributed by atoms with van der Waals surface area (Å²) in [6.45, 7) is 6.31. The summed E-state index contributed by atoms with van der Waals surface area (Å²) < 4.78 is 0. The second-order valence-corrected chi connectivity index (χ2v) is 3.91. The molecule has 0 spiro atoms. The molecule has 0 radical (unpaired) electrons. The molecule has 1 aliphatic rings. The van der Waals surface area contributed by atoms with Crippen LogP contribution in [-0.4, -0.2) is 11.8 Å². The predicted octanol–water partition coefficient (Wildman–Crippen LogP) is 1.25. The van der Waals surface area contributed by atoms with Gasteiger partial charge in [-0.25, -0.2) is 0 Å². The van der Waals surface area contributed by atoms with E-state index in [2.05, 4.69) is 26.1 Å². The molecule has 0 saturated heterocycles. The van der Waals surface area contributed by atoms with Crippen LogP contribution in [-0.2, 0) is 9.59 Å². The first-order chi connectivity index (χ1) is 6.00. The van der Waals surface area contributed by atoms with Gasteiger partial charge in [-0.15, -0.1) is 0 Å². The topological polar surface area (TPSA) is 46.2 Å². The van der Waals surface area contributed by atoms with Crippen molar-refractivity contribution in [3.05, 3.63) is 11.6 Å². The van der Waals surface area contributed by atoms with E-state index in [0.717, 1.165) is 0 Å². The van der Waals surface area contributed by atoms with E-state index < -0.39 is 0 Å². The van der Waals surface area contributed by atoms with Gasteiger partial charge in [-0.2, -0.15) is 0 Å². The number of nitrogens with one attached hydrogen (secondary N) is 1. The van der Waals surface area contributed by atoms with Gasteiger partial charge in [0.15, 0.2) is 0 Å². The number of hydrogen-bond acceptors (Lipinski definition) is 2. The molecule has 0 aliphatic carbocycles. The summed E-state index contributed by atoms with van der Waals surface area (Å²) in [4.78, 5) is 21.9. The molecule has 0 bridgehead atoms. The maximum absolute atomic E-state index is 11.1. The average Bonchev–Trinajstić information content (AvgIpc) is 2.30. The van der Waals surface area contributed by atoms with Crippen molar-refractivity contribution in [3.63, 3.8) is 0 Å². The number of hydrogen-bond donors (Lipinski definition) is 1. The van der Waals surface area contributed by atoms with Crippen LogP contribution in [0.5, 0.6) is 0 Å². The van der Waals surface area contributed by atoms with Gasteiger partial charge in [0.1, 0.15) is 0 Å². The maximum Gasteiger partial charge on any atom is 0.254 e. The standard InChI is InChI=1S/C10H15NO2/c1-6(2)7(3)4-8-5-9(12)11-10(8)13/h5-7H,4H2,1-3H3,(H,11,12,13). The first-order valence-corrected chi connectivity index (χ1v) is 4.56. The molecule has 13 heavy (non-hydrogen) atoms. The molecule has 72 valence electrons. The van der Waals surface area contributed by atoms with Crippen LogP contribution in [0.1, 0.15) is 27.2 Å². The first kappa shape index (κ1) is 9.96. The SMILES string of the molecule is CC(C)C(C)CC1=CC(=O)NC1=O. The minimum absolute atomic E-state index is 0.225. The van der Waals surface area contributed by atoms with E-state index in [1.807, 2.05) is 0 Å². The molecule has 1 N–H and O–H groups in total. The van der Waals surface area contributed by atoms with Crippen LogP contribution in [0, 0.1) is 11.8 Å². The summed E-state index contributed by atoms with van der Waals surface area (Å²) in [5, 5.41) is 2.24. The molecule has 2 amide bonds. The number of carbonyl (C=O) groups is 2. The first-order valence-electron chi connectivity index (χ1n) is 4.56. The van der Waals surface area contributed by atoms with E-state index >= 15 is 0 Å². The highest BCUT2D eigenvalue weighted by atomic mass is 16.2. The molecular formula is C10H15NO2. The number of rotatable bonds is 3. The molecule has 1 unspecified atom stereocenters. The van der Waals surface area contributed by atoms with Crippen molar-refractivity contribution in [1.82, 2.24) is 5.32 Å². The van der Waals surface area contributed by atoms with Gasteiger partial charge in [0, 0.05) is 11.6 Å². The van der Waals surface area contributed by atoms with Crippen molar-refractivity contribution < 1.29 is 9.59 Å². The van der Waals surface area contributed by atoms with Gasteiger partial charge in [-0.1, -0.05) is 20.8 Å². The third-order valence-corrected chi connectivity index (χ3v) is 2.51. The van der Waals surface area contributed by atoms with Gasteiger partial charge in [0.25, 0.3) is 11.8 Å². The highest BCUT2D eigenvalue weighted by Gasteiger charge is 2.22. The second-order valence-electron chi connectivity index (χ2n) is 3.91. The quantitative estimate of drug-likeness (QED) is 0.666. The lowest BCUT2D eigenvalue weighted by Crippen LogP contribution is -2.22. The molecule has 3 heteroatoms. The third kappa shape index (κ3) is 2.41. The highest BCUT2D eigenvalue weighted by Crippen LogP contribution is 2.20. The lowest BCUT2D eigenvalue weighted by molar-refractivity contribution is -0.123. The smallest absolute Gasteiger partial charge is 0.254 e. The van der Waals surface area contributed by atoms with Gasteiger partial charge >= 0.3 is 0 Å². The average molecular weight is 181 g/mol. The maximum atomic E-state index is 11.1. The molecule has 0 aromatic rings. The fraction of sp³-hybridized carbons (Fsp3) is 0.600. The minimum Gasteiger partial charge on any atom is -0.289 e. The van der Waals surface area contributed by atoms with Crippen LogP contribution < -0.4 is 5.32 Å². The molecule has 0 aromatic heterocycles. The molecule has 1 rings (SSSR count). The summed E-state index contributed by atoms with van der Waals surface area (Å²) >= 11 is 0. The Hall–Kier alpha value is -1.12. The van der Waals surface area contributed by atoms with Gasteiger partial charge in [-0.05, 0) is 18.3 Å². The van der Waals surface area contributed by atoms with E-state index in [-0.39, 0.29) is 11.8 Å². The van der Waals surface area contributed by atoms with E-state index in [0.29, 0.717) is 23.8 Å². The Morgan fingerprint density at radius 2 is 1.92 bits per heavy atom. The van der Waals surface area contributed by atoms with Crippen LogP contribution in [0.2, 0.25) is 0 Å². The molecule has 0 fully saturated rings. The van der Waals surface area contributed by atoms with Crippen molar-refractivity contribution in [1.29, 1.82) is 0 Å². The molecule has 0 aromatic carbocycles. The Labute approximate surface area is 78.2 Å². The van der Waals surface area contributed by atoms with Crippen molar-refractivity contribution >= 4 is 11.8 Å². The van der Waals surface area contributed by atoms with Gasteiger partial charge in [0.05, 0.1) is 0 Å². The largest absolute Gasteiger partial charge is 0.289 e. The van der Waals surface area contributed by atoms with Crippen molar-refractivity contribution in [3.8, 4) is 0 Å². The fourth-order valence-corrected chi connectivity index (χ4v) is 1.19. The van der Waals surface area contributed by atoms with Gasteiger partial charge in [-0.3, -0.25) is 14.9 Å². The van der Waals surface area contributed by atoms with Crippen LogP contribution >= 0.6 is 0 Å². The Morgan fingerprint density at radius 3 is 2.31 bits per heavy atom. The fourth-order valence-electron chi connectivity index (χ4n) is 1.19. The molecule has 1 atom stereocenters. The van der Waals surface area contributed by atoms with E-state index in [1.54, 1.807) is 0 Å². The zero-order valence-electron chi connectivity index (χ0n) is 8.26. The van der Waals surface area contributed by atoms with E-state index in [9.17, 15) is 9.59 Å². The van der Waals surface area contributed by atoms with Crippen LogP contribution in [0.25, 0.3) is 0 Å². The van der Waals surface area contributed by atoms with Crippen molar-refractivity contribution in [2.45, 2.75) is 27.2 Å². The van der Waals surface area contributed by atoms with Crippen molar-refractivity contribution in [2.75, 3.05) is 0 Å². The molecule has 1 aliphatic heterocycles. The monoisotopic (exact) mass is 181 g/mol. The summed E-state index contributed by atoms with van der Waals surface area (Å²) in [7, 11) is 0. The van der Waals surface area contributed by atoms with Crippen LogP contribution in [0.15, 0.2) is 11.6 Å². The number of carbonyl (C=O) groups excluding carboxylic acids is 2. The number of imide groups is 1. The summed E-state index contributed by atoms with van der Waals surface area (Å²) in [6.07, 6.45) is 2.09. The Morgan fingerprint density at radius 1 is 1.31 bits per heavy atom. The molecule has 1 heterocycles. The van der Waals surface area contributed by atoms with Gasteiger partial charge < -0.3 is 0 Å². The normalized spacial score (nSPS) is 18.9. The van der Waals surface area contributed by atoms with Crippen molar-refractivity contribution in [2.24, 2.45) is 11.8 Å². The van der Waals surface area contributed by atoms with Crippen LogP contribution in [0.4, 0.5) is 0 Å². The Bertz CT molecular complexity index is 266. The third-order valence-electron chi connectivity index (χ3n) is 2.51. The lowest BCUT2D eigenvalue weighted by Gasteiger charge is -2.14. The summed E-state index contributed by atoms with van der Waals surface area (Å²) in [6, 6.07) is 0. The zero-order valence-corrected chi connectivity index (χ0v) is 8.26. The summed E-state index contributed by atoms with van der Waals surface area (Å²) in [5.41, 5.74) is 0.617. The lowest BCUT2D eigenvalue weighted by atomic mass is 9.91. The Balaban J connectivity index is 2.59. The second kappa shape index (κ2) is 3.73. The number of amides is 2. The van der Waals surface area contributed by atoms with Crippen LogP contribution in [0.3, 0.4) is 0 Å².